The third kappa shape index (κ3) is 2.91. The number of hydrogen-bond donors (Lipinski definition) is 2. The summed E-state index contributed by atoms with van der Waals surface area (Å²) in [5.41, 5.74) is 1.03. The minimum atomic E-state index is -0.208. The normalized spacial score (nSPS) is 27.2. The molecule has 0 radical (unpaired) electrons. The van der Waals surface area contributed by atoms with E-state index in [0.29, 0.717) is 6.54 Å². The number of nitrogens with one attached hydrogen (secondary N) is 2. The van der Waals surface area contributed by atoms with E-state index in [1.165, 1.54) is 5.56 Å². The van der Waals surface area contributed by atoms with Crippen molar-refractivity contribution >= 4 is 5.91 Å². The Balaban J connectivity index is 1.55. The van der Waals surface area contributed by atoms with Gasteiger partial charge in [0.05, 0.1) is 12.0 Å². The molecule has 3 rings (SSSR count). The number of benzene rings is 1. The van der Waals surface area contributed by atoms with Crippen LogP contribution in [0.2, 0.25) is 0 Å². The second-order valence-electron chi connectivity index (χ2n) is 6.22. The average molecular weight is 288 g/mol. The number of rotatable bonds is 5. The predicted molar refractivity (Wildman–Crippen MR) is 82.4 cm³/mol. The summed E-state index contributed by atoms with van der Waals surface area (Å²) in [6, 6.07) is 8.11. The standard InChI is InChI=1S/C17H24N2O2/c1-2-7-17(8-9-18-12-17)16(20)19-11-14-10-13-5-3-4-6-15(13)21-14/h3-6,14,18H,2,7-12H2,1H3,(H,19,20). The number of fused-ring (bicyclic) bond motifs is 1. The van der Waals surface area contributed by atoms with Gasteiger partial charge >= 0.3 is 0 Å². The monoisotopic (exact) mass is 288 g/mol. The van der Waals surface area contributed by atoms with Crippen LogP contribution in [0.5, 0.6) is 5.75 Å². The number of ether oxygens (including phenoxy) is 1. The number of hydrogen-bond acceptors (Lipinski definition) is 3. The van der Waals surface area contributed by atoms with Gasteiger partial charge in [0, 0.05) is 13.0 Å². The molecule has 114 valence electrons. The van der Waals surface area contributed by atoms with Crippen molar-refractivity contribution in [2.45, 2.75) is 38.7 Å². The van der Waals surface area contributed by atoms with E-state index in [2.05, 4.69) is 23.6 Å². The molecule has 1 saturated heterocycles. The molecule has 2 heterocycles. The summed E-state index contributed by atoms with van der Waals surface area (Å²) in [5.74, 6) is 1.15. The van der Waals surface area contributed by atoms with Crippen molar-refractivity contribution in [2.24, 2.45) is 5.41 Å². The molecule has 0 aliphatic carbocycles. The van der Waals surface area contributed by atoms with Crippen LogP contribution in [0.25, 0.3) is 0 Å². The van der Waals surface area contributed by atoms with Crippen molar-refractivity contribution in [1.29, 1.82) is 0 Å². The van der Waals surface area contributed by atoms with E-state index in [9.17, 15) is 4.79 Å². The van der Waals surface area contributed by atoms with Crippen LogP contribution in [0.15, 0.2) is 24.3 Å². The highest BCUT2D eigenvalue weighted by molar-refractivity contribution is 5.83. The van der Waals surface area contributed by atoms with Crippen molar-refractivity contribution in [2.75, 3.05) is 19.6 Å². The van der Waals surface area contributed by atoms with Crippen LogP contribution in [0.1, 0.15) is 31.7 Å². The van der Waals surface area contributed by atoms with Gasteiger partial charge in [0.25, 0.3) is 0 Å². The van der Waals surface area contributed by atoms with Gasteiger partial charge in [-0.3, -0.25) is 4.79 Å². The first-order valence-electron chi connectivity index (χ1n) is 7.97. The van der Waals surface area contributed by atoms with Gasteiger partial charge in [0.1, 0.15) is 11.9 Å². The van der Waals surface area contributed by atoms with E-state index in [-0.39, 0.29) is 17.4 Å². The van der Waals surface area contributed by atoms with Crippen molar-refractivity contribution in [1.82, 2.24) is 10.6 Å². The molecule has 0 spiro atoms. The second-order valence-corrected chi connectivity index (χ2v) is 6.22. The zero-order valence-corrected chi connectivity index (χ0v) is 12.7. The molecular formula is C17H24N2O2. The SMILES string of the molecule is CCCC1(C(=O)NCC2Cc3ccccc3O2)CCNC1. The molecule has 1 amide bonds. The zero-order valence-electron chi connectivity index (χ0n) is 12.7. The molecule has 2 N–H and O–H groups in total. The number of carbonyl (C=O) groups is 1. The number of carbonyl (C=O) groups excluding carboxylic acids is 1. The largest absolute Gasteiger partial charge is 0.488 e. The fourth-order valence-electron chi connectivity index (χ4n) is 3.50. The van der Waals surface area contributed by atoms with Crippen molar-refractivity contribution in [3.05, 3.63) is 29.8 Å². The highest BCUT2D eigenvalue weighted by Crippen LogP contribution is 2.32. The van der Waals surface area contributed by atoms with Crippen molar-refractivity contribution in [3.8, 4) is 5.75 Å². The first-order valence-corrected chi connectivity index (χ1v) is 7.97. The average Bonchev–Trinajstić information content (AvgIpc) is 3.12. The fraction of sp³-hybridized carbons (Fsp3) is 0.588. The third-order valence-corrected chi connectivity index (χ3v) is 4.66. The summed E-state index contributed by atoms with van der Waals surface area (Å²) >= 11 is 0. The fourth-order valence-corrected chi connectivity index (χ4v) is 3.50. The Bertz CT molecular complexity index is 484. The molecule has 2 atom stereocenters. The predicted octanol–water partition coefficient (Wildman–Crippen LogP) is 1.89. The topological polar surface area (TPSA) is 50.4 Å². The lowest BCUT2D eigenvalue weighted by atomic mass is 9.81. The summed E-state index contributed by atoms with van der Waals surface area (Å²) in [6.07, 6.45) is 3.89. The number of amides is 1. The Morgan fingerprint density at radius 2 is 2.33 bits per heavy atom. The second kappa shape index (κ2) is 6.06. The molecule has 21 heavy (non-hydrogen) atoms. The molecule has 1 aromatic rings. The molecule has 4 heteroatoms. The van der Waals surface area contributed by atoms with E-state index >= 15 is 0 Å². The molecule has 0 saturated carbocycles. The first kappa shape index (κ1) is 14.4. The molecule has 4 nitrogen and oxygen atoms in total. The van der Waals surface area contributed by atoms with E-state index in [0.717, 1.165) is 44.5 Å². The van der Waals surface area contributed by atoms with Gasteiger partial charge in [-0.2, -0.15) is 0 Å². The Kier molecular flexibility index (Phi) is 4.15. The third-order valence-electron chi connectivity index (χ3n) is 4.66. The van der Waals surface area contributed by atoms with Crippen LogP contribution in [-0.2, 0) is 11.2 Å². The van der Waals surface area contributed by atoms with Gasteiger partial charge in [0.15, 0.2) is 0 Å². The molecule has 0 bridgehead atoms. The van der Waals surface area contributed by atoms with Gasteiger partial charge in [-0.05, 0) is 31.0 Å². The minimum absolute atomic E-state index is 0.0689. The molecule has 0 aromatic heterocycles. The lowest BCUT2D eigenvalue weighted by Crippen LogP contribution is -2.45. The van der Waals surface area contributed by atoms with Gasteiger partial charge in [-0.15, -0.1) is 0 Å². The zero-order chi connectivity index (χ0) is 14.7. The molecule has 2 unspecified atom stereocenters. The van der Waals surface area contributed by atoms with Crippen LogP contribution in [0.4, 0.5) is 0 Å². The van der Waals surface area contributed by atoms with Crippen LogP contribution in [-0.4, -0.2) is 31.6 Å². The van der Waals surface area contributed by atoms with Gasteiger partial charge in [0.2, 0.25) is 5.91 Å². The number of para-hydroxylation sites is 1. The maximum absolute atomic E-state index is 12.6. The summed E-state index contributed by atoms with van der Waals surface area (Å²) < 4.78 is 5.88. The van der Waals surface area contributed by atoms with Crippen LogP contribution in [0.3, 0.4) is 0 Å². The molecule has 1 aromatic carbocycles. The van der Waals surface area contributed by atoms with E-state index in [4.69, 9.17) is 4.74 Å². The Labute approximate surface area is 126 Å². The van der Waals surface area contributed by atoms with Crippen LogP contribution < -0.4 is 15.4 Å². The maximum Gasteiger partial charge on any atom is 0.227 e. The summed E-state index contributed by atoms with van der Waals surface area (Å²) in [6.45, 7) is 4.49. The molecule has 2 aliphatic rings. The van der Waals surface area contributed by atoms with Gasteiger partial charge in [-0.25, -0.2) is 0 Å². The van der Waals surface area contributed by atoms with E-state index in [1.54, 1.807) is 0 Å². The highest BCUT2D eigenvalue weighted by Gasteiger charge is 2.40. The van der Waals surface area contributed by atoms with Crippen LogP contribution >= 0.6 is 0 Å². The quantitative estimate of drug-likeness (QED) is 0.870. The van der Waals surface area contributed by atoms with E-state index in [1.807, 2.05) is 18.2 Å². The lowest BCUT2D eigenvalue weighted by Gasteiger charge is -2.27. The van der Waals surface area contributed by atoms with E-state index < -0.39 is 0 Å². The Morgan fingerprint density at radius 1 is 1.48 bits per heavy atom. The van der Waals surface area contributed by atoms with Crippen molar-refractivity contribution in [3.63, 3.8) is 0 Å². The lowest BCUT2D eigenvalue weighted by molar-refractivity contribution is -0.130. The molecule has 1 fully saturated rings. The summed E-state index contributed by atoms with van der Waals surface area (Å²) in [5, 5.41) is 6.45. The first-order chi connectivity index (χ1) is 10.2. The van der Waals surface area contributed by atoms with Crippen LogP contribution in [0, 0.1) is 5.41 Å². The molecular weight excluding hydrogens is 264 g/mol. The molecule has 2 aliphatic heterocycles. The van der Waals surface area contributed by atoms with Gasteiger partial charge in [-0.1, -0.05) is 31.5 Å². The van der Waals surface area contributed by atoms with Crippen molar-refractivity contribution < 1.29 is 9.53 Å². The van der Waals surface area contributed by atoms with Gasteiger partial charge < -0.3 is 15.4 Å². The Hall–Kier alpha value is -1.55. The Morgan fingerprint density at radius 3 is 3.05 bits per heavy atom. The minimum Gasteiger partial charge on any atom is -0.488 e. The summed E-state index contributed by atoms with van der Waals surface area (Å²) in [7, 11) is 0. The smallest absolute Gasteiger partial charge is 0.227 e. The maximum atomic E-state index is 12.6. The highest BCUT2D eigenvalue weighted by atomic mass is 16.5. The summed E-state index contributed by atoms with van der Waals surface area (Å²) in [4.78, 5) is 12.6.